The van der Waals surface area contributed by atoms with Crippen molar-refractivity contribution in [2.75, 3.05) is 0 Å². The van der Waals surface area contributed by atoms with Crippen LogP contribution >= 0.6 is 0 Å². The van der Waals surface area contributed by atoms with Gasteiger partial charge in [0.15, 0.2) is 0 Å². The number of carbonyl (C=O) groups excluding carboxylic acids is 2. The Hall–Kier alpha value is -1.23. The second-order valence-electron chi connectivity index (χ2n) is 3.82. The third-order valence-electron chi connectivity index (χ3n) is 2.28. The molecule has 14 heavy (non-hydrogen) atoms. The number of nitrogens with zero attached hydrogens (tertiary/aromatic N) is 1. The third-order valence-corrected chi connectivity index (χ3v) is 2.28. The van der Waals surface area contributed by atoms with E-state index in [-0.39, 0.29) is 17.7 Å². The van der Waals surface area contributed by atoms with Crippen molar-refractivity contribution in [1.29, 1.82) is 0 Å². The van der Waals surface area contributed by atoms with Crippen LogP contribution in [0, 0.1) is 11.8 Å². The van der Waals surface area contributed by atoms with Gasteiger partial charge in [-0.3, -0.25) is 9.59 Å². The van der Waals surface area contributed by atoms with Crippen LogP contribution in [0.15, 0.2) is 4.99 Å². The third kappa shape index (κ3) is 1.98. The predicted octanol–water partition coefficient (Wildman–Crippen LogP) is -0.339. The first-order valence-electron chi connectivity index (χ1n) is 4.62. The van der Waals surface area contributed by atoms with Gasteiger partial charge in [-0.05, 0) is 12.8 Å². The standard InChI is InChI=1S/C9H15N3O2/c1-4(2)6(10)7-11-8(13)5(3)9(14)12-7/h4-6H,10H2,1-3H3,(H,11,12,13,14). The van der Waals surface area contributed by atoms with Gasteiger partial charge in [0.05, 0.1) is 6.04 Å². The molecular weight excluding hydrogens is 182 g/mol. The van der Waals surface area contributed by atoms with Gasteiger partial charge in [0.25, 0.3) is 5.91 Å². The van der Waals surface area contributed by atoms with Crippen LogP contribution in [0.25, 0.3) is 0 Å². The van der Waals surface area contributed by atoms with Crippen molar-refractivity contribution in [3.8, 4) is 0 Å². The van der Waals surface area contributed by atoms with E-state index < -0.39 is 17.9 Å². The van der Waals surface area contributed by atoms with Crippen LogP contribution in [0.3, 0.4) is 0 Å². The summed E-state index contributed by atoms with van der Waals surface area (Å²) in [7, 11) is 0. The van der Waals surface area contributed by atoms with E-state index in [0.717, 1.165) is 0 Å². The summed E-state index contributed by atoms with van der Waals surface area (Å²) in [6, 6.07) is -0.393. The Morgan fingerprint density at radius 3 is 2.43 bits per heavy atom. The van der Waals surface area contributed by atoms with Gasteiger partial charge in [0.1, 0.15) is 11.8 Å². The van der Waals surface area contributed by atoms with Crippen molar-refractivity contribution in [3.63, 3.8) is 0 Å². The molecular formula is C9H15N3O2. The molecule has 0 saturated heterocycles. The molecule has 0 bridgehead atoms. The van der Waals surface area contributed by atoms with E-state index in [9.17, 15) is 9.59 Å². The van der Waals surface area contributed by atoms with Gasteiger partial charge in [-0.1, -0.05) is 13.8 Å². The van der Waals surface area contributed by atoms with Gasteiger partial charge in [0, 0.05) is 0 Å². The van der Waals surface area contributed by atoms with Gasteiger partial charge >= 0.3 is 0 Å². The molecule has 0 aromatic rings. The summed E-state index contributed by atoms with van der Waals surface area (Å²) in [6.45, 7) is 5.34. The molecule has 0 spiro atoms. The first-order chi connectivity index (χ1) is 6.43. The number of nitrogens with two attached hydrogens (primary N) is 1. The molecule has 0 aromatic heterocycles. The monoisotopic (exact) mass is 197 g/mol. The molecule has 5 nitrogen and oxygen atoms in total. The number of amides is 2. The zero-order chi connectivity index (χ0) is 10.9. The van der Waals surface area contributed by atoms with Gasteiger partial charge in [0.2, 0.25) is 5.91 Å². The highest BCUT2D eigenvalue weighted by Gasteiger charge is 2.30. The Bertz CT molecular complexity index is 296. The second kappa shape index (κ2) is 3.88. The van der Waals surface area contributed by atoms with Crippen LogP contribution in [0.2, 0.25) is 0 Å². The lowest BCUT2D eigenvalue weighted by atomic mass is 10.0. The average Bonchev–Trinajstić information content (AvgIpc) is 2.12. The van der Waals surface area contributed by atoms with Crippen LogP contribution in [0.1, 0.15) is 20.8 Å². The quantitative estimate of drug-likeness (QED) is 0.594. The largest absolute Gasteiger partial charge is 0.321 e. The smallest absolute Gasteiger partial charge is 0.259 e. The predicted molar refractivity (Wildman–Crippen MR) is 52.6 cm³/mol. The number of hydrogen-bond acceptors (Lipinski definition) is 3. The Morgan fingerprint density at radius 2 is 2.00 bits per heavy atom. The summed E-state index contributed by atoms with van der Waals surface area (Å²) >= 11 is 0. The van der Waals surface area contributed by atoms with E-state index in [1.54, 1.807) is 0 Å². The molecule has 0 fully saturated rings. The van der Waals surface area contributed by atoms with E-state index in [0.29, 0.717) is 0 Å². The second-order valence-corrected chi connectivity index (χ2v) is 3.82. The molecule has 1 heterocycles. The zero-order valence-electron chi connectivity index (χ0n) is 8.57. The zero-order valence-corrected chi connectivity index (χ0v) is 8.57. The van der Waals surface area contributed by atoms with E-state index in [1.807, 2.05) is 13.8 Å². The number of carbonyl (C=O) groups is 2. The molecule has 0 aliphatic carbocycles. The summed E-state index contributed by atoms with van der Waals surface area (Å²) in [5.74, 6) is -1.02. The van der Waals surface area contributed by atoms with E-state index in [1.165, 1.54) is 6.92 Å². The summed E-state index contributed by atoms with van der Waals surface area (Å²) < 4.78 is 0. The molecule has 0 saturated carbocycles. The van der Waals surface area contributed by atoms with Crippen LogP contribution in [0.5, 0.6) is 0 Å². The fourth-order valence-electron chi connectivity index (χ4n) is 1.06. The molecule has 3 N–H and O–H groups in total. The minimum absolute atomic E-state index is 0.134. The minimum atomic E-state index is -0.696. The molecule has 78 valence electrons. The minimum Gasteiger partial charge on any atom is -0.321 e. The topological polar surface area (TPSA) is 84.6 Å². The summed E-state index contributed by atoms with van der Waals surface area (Å²) in [5.41, 5.74) is 5.76. The van der Waals surface area contributed by atoms with Gasteiger partial charge in [-0.15, -0.1) is 0 Å². The highest BCUT2D eigenvalue weighted by atomic mass is 16.2. The molecule has 1 aliphatic heterocycles. The molecule has 2 unspecified atom stereocenters. The highest BCUT2D eigenvalue weighted by Crippen LogP contribution is 2.08. The average molecular weight is 197 g/mol. The van der Waals surface area contributed by atoms with Crippen LogP contribution < -0.4 is 11.1 Å². The lowest BCUT2D eigenvalue weighted by Crippen LogP contribution is -2.52. The number of amidine groups is 1. The molecule has 0 radical (unpaired) electrons. The normalized spacial score (nSPS) is 24.6. The molecule has 0 aromatic carbocycles. The molecule has 2 atom stereocenters. The molecule has 1 rings (SSSR count). The lowest BCUT2D eigenvalue weighted by Gasteiger charge is -2.23. The van der Waals surface area contributed by atoms with Crippen molar-refractivity contribution >= 4 is 17.6 Å². The van der Waals surface area contributed by atoms with Crippen LogP contribution in [-0.2, 0) is 9.59 Å². The lowest BCUT2D eigenvalue weighted by molar-refractivity contribution is -0.132. The Balaban J connectivity index is 2.87. The van der Waals surface area contributed by atoms with E-state index >= 15 is 0 Å². The van der Waals surface area contributed by atoms with Gasteiger partial charge in [-0.2, -0.15) is 4.99 Å². The number of aliphatic imine (C=N–C) groups is 1. The highest BCUT2D eigenvalue weighted by molar-refractivity contribution is 6.16. The fraction of sp³-hybridized carbons (Fsp3) is 0.667. The maximum Gasteiger partial charge on any atom is 0.259 e. The molecule has 5 heteroatoms. The molecule has 1 aliphatic rings. The Labute approximate surface area is 82.8 Å². The van der Waals surface area contributed by atoms with E-state index in [4.69, 9.17) is 5.73 Å². The van der Waals surface area contributed by atoms with Gasteiger partial charge < -0.3 is 11.1 Å². The maximum absolute atomic E-state index is 11.3. The fourth-order valence-corrected chi connectivity index (χ4v) is 1.06. The van der Waals surface area contributed by atoms with Crippen LogP contribution in [-0.4, -0.2) is 23.7 Å². The van der Waals surface area contributed by atoms with E-state index in [2.05, 4.69) is 10.3 Å². The summed E-state index contributed by atoms with van der Waals surface area (Å²) in [4.78, 5) is 26.3. The Kier molecular flexibility index (Phi) is 3.00. The van der Waals surface area contributed by atoms with Crippen molar-refractivity contribution in [2.24, 2.45) is 22.6 Å². The van der Waals surface area contributed by atoms with Crippen molar-refractivity contribution < 1.29 is 9.59 Å². The summed E-state index contributed by atoms with van der Waals surface area (Å²) in [6.07, 6.45) is 0. The number of hydrogen-bond donors (Lipinski definition) is 2. The number of rotatable bonds is 2. The van der Waals surface area contributed by atoms with Gasteiger partial charge in [-0.25, -0.2) is 0 Å². The van der Waals surface area contributed by atoms with Crippen molar-refractivity contribution in [1.82, 2.24) is 5.32 Å². The first kappa shape index (κ1) is 10.8. The SMILES string of the molecule is CC1C(=O)N=C(C(N)C(C)C)NC1=O. The van der Waals surface area contributed by atoms with Crippen molar-refractivity contribution in [2.45, 2.75) is 26.8 Å². The maximum atomic E-state index is 11.3. The Morgan fingerprint density at radius 1 is 1.43 bits per heavy atom. The van der Waals surface area contributed by atoms with Crippen LogP contribution in [0.4, 0.5) is 0 Å². The first-order valence-corrected chi connectivity index (χ1v) is 4.62. The molecule has 2 amide bonds. The summed E-state index contributed by atoms with van der Waals surface area (Å²) in [5, 5.41) is 2.54. The number of nitrogens with one attached hydrogen (secondary N) is 1. The van der Waals surface area contributed by atoms with Crippen molar-refractivity contribution in [3.05, 3.63) is 0 Å².